The van der Waals surface area contributed by atoms with Crippen LogP contribution in [0.3, 0.4) is 0 Å². The molecule has 1 heterocycles. The molecular weight excluding hydrogens is 160 g/mol. The predicted molar refractivity (Wildman–Crippen MR) is 39.9 cm³/mol. The monoisotopic (exact) mass is 170 g/mol. The number of carbonyl (C=O) groups excluding carboxylic acids is 3. The number of Topliss-reactive ketones (excluding diaryl/α,β-unsaturated/α-hetero) is 1. The molecule has 66 valence electrons. The van der Waals surface area contributed by atoms with Crippen LogP contribution in [0.15, 0.2) is 0 Å². The molecule has 5 nitrogen and oxygen atoms in total. The van der Waals surface area contributed by atoms with Crippen LogP contribution in [0, 0.1) is 5.92 Å². The van der Waals surface area contributed by atoms with E-state index in [1.165, 1.54) is 4.90 Å². The van der Waals surface area contributed by atoms with Gasteiger partial charge in [-0.1, -0.05) is 0 Å². The molecule has 0 spiro atoms. The molecule has 1 aliphatic rings. The lowest BCUT2D eigenvalue weighted by atomic mass is 10.1. The zero-order valence-electron chi connectivity index (χ0n) is 6.74. The van der Waals surface area contributed by atoms with E-state index in [0.29, 0.717) is 6.54 Å². The van der Waals surface area contributed by atoms with Crippen LogP contribution >= 0.6 is 0 Å². The van der Waals surface area contributed by atoms with Gasteiger partial charge in [0.05, 0.1) is 0 Å². The summed E-state index contributed by atoms with van der Waals surface area (Å²) in [5.74, 6) is -2.92. The first-order valence-electron chi connectivity index (χ1n) is 3.70. The Balaban J connectivity index is 2.81. The number of likely N-dealkylation sites (tertiary alicyclic amines) is 1. The molecule has 5 heteroatoms. The van der Waals surface area contributed by atoms with Crippen molar-refractivity contribution in [3.05, 3.63) is 0 Å². The maximum absolute atomic E-state index is 11.0. The van der Waals surface area contributed by atoms with Crippen LogP contribution in [-0.4, -0.2) is 35.6 Å². The molecule has 0 saturated carbocycles. The van der Waals surface area contributed by atoms with Crippen LogP contribution in [0.1, 0.15) is 6.92 Å². The van der Waals surface area contributed by atoms with E-state index in [0.717, 1.165) is 0 Å². The topological polar surface area (TPSA) is 80.5 Å². The zero-order chi connectivity index (χ0) is 9.30. The van der Waals surface area contributed by atoms with Crippen molar-refractivity contribution >= 4 is 17.6 Å². The summed E-state index contributed by atoms with van der Waals surface area (Å²) in [5, 5.41) is 0. The molecule has 1 saturated heterocycles. The molecule has 0 aromatic heterocycles. The van der Waals surface area contributed by atoms with E-state index in [-0.39, 0.29) is 6.54 Å². The molecule has 1 unspecified atom stereocenters. The van der Waals surface area contributed by atoms with Crippen molar-refractivity contribution in [3.8, 4) is 0 Å². The Morgan fingerprint density at radius 3 is 2.50 bits per heavy atom. The zero-order valence-corrected chi connectivity index (χ0v) is 6.74. The summed E-state index contributed by atoms with van der Waals surface area (Å²) in [7, 11) is 0. The minimum Gasteiger partial charge on any atom is -0.369 e. The van der Waals surface area contributed by atoms with Crippen LogP contribution in [0.5, 0.6) is 0 Å². The fourth-order valence-electron chi connectivity index (χ4n) is 1.18. The lowest BCUT2D eigenvalue weighted by Crippen LogP contribution is -2.30. The van der Waals surface area contributed by atoms with E-state index >= 15 is 0 Å². The first-order chi connectivity index (χ1) is 5.57. The van der Waals surface area contributed by atoms with Gasteiger partial charge in [0.15, 0.2) is 0 Å². The molecule has 0 aromatic rings. The van der Waals surface area contributed by atoms with Gasteiger partial charge >= 0.3 is 0 Å². The van der Waals surface area contributed by atoms with Crippen molar-refractivity contribution in [3.63, 3.8) is 0 Å². The number of likely N-dealkylation sites (N-methyl/N-ethyl adjacent to an activating group) is 1. The molecule has 2 amide bonds. The number of rotatable bonds is 2. The highest BCUT2D eigenvalue weighted by Crippen LogP contribution is 2.12. The second-order valence-corrected chi connectivity index (χ2v) is 2.66. The maximum Gasteiger partial charge on any atom is 0.290 e. The van der Waals surface area contributed by atoms with E-state index in [4.69, 9.17) is 5.73 Å². The number of primary amides is 1. The lowest BCUT2D eigenvalue weighted by Gasteiger charge is -2.10. The summed E-state index contributed by atoms with van der Waals surface area (Å²) in [6.07, 6.45) is 0. The van der Waals surface area contributed by atoms with Gasteiger partial charge in [-0.15, -0.1) is 0 Å². The smallest absolute Gasteiger partial charge is 0.290 e. The van der Waals surface area contributed by atoms with Gasteiger partial charge in [0, 0.05) is 13.1 Å². The third kappa shape index (κ3) is 1.17. The molecule has 0 radical (unpaired) electrons. The summed E-state index contributed by atoms with van der Waals surface area (Å²) >= 11 is 0. The van der Waals surface area contributed by atoms with Gasteiger partial charge in [0.2, 0.25) is 11.7 Å². The summed E-state index contributed by atoms with van der Waals surface area (Å²) in [6, 6.07) is 0. The van der Waals surface area contributed by atoms with Crippen LogP contribution in [0.25, 0.3) is 0 Å². The largest absolute Gasteiger partial charge is 0.369 e. The van der Waals surface area contributed by atoms with Crippen molar-refractivity contribution in [1.82, 2.24) is 4.90 Å². The second kappa shape index (κ2) is 2.92. The van der Waals surface area contributed by atoms with Gasteiger partial charge in [-0.25, -0.2) is 0 Å². The first kappa shape index (κ1) is 8.70. The highest BCUT2D eigenvalue weighted by molar-refractivity contribution is 6.42. The Morgan fingerprint density at radius 2 is 2.25 bits per heavy atom. The highest BCUT2D eigenvalue weighted by atomic mass is 16.2. The van der Waals surface area contributed by atoms with Gasteiger partial charge in [0.25, 0.3) is 5.91 Å². The minimum absolute atomic E-state index is 0.142. The van der Waals surface area contributed by atoms with Crippen LogP contribution in [-0.2, 0) is 14.4 Å². The fourth-order valence-corrected chi connectivity index (χ4v) is 1.18. The Labute approximate surface area is 69.5 Å². The normalized spacial score (nSPS) is 23.4. The molecule has 1 atom stereocenters. The van der Waals surface area contributed by atoms with Crippen LogP contribution in [0.2, 0.25) is 0 Å². The standard InChI is InChI=1S/C7H10N2O3/c1-2-9-3-4(6(8)11)5(10)7(9)12/h4H,2-3H2,1H3,(H2,8,11). The van der Waals surface area contributed by atoms with Crippen molar-refractivity contribution in [2.24, 2.45) is 11.7 Å². The third-order valence-electron chi connectivity index (χ3n) is 1.94. The number of carbonyl (C=O) groups is 3. The van der Waals surface area contributed by atoms with Crippen molar-refractivity contribution in [1.29, 1.82) is 0 Å². The Kier molecular flexibility index (Phi) is 2.12. The molecule has 0 aromatic carbocycles. The molecule has 2 N–H and O–H groups in total. The van der Waals surface area contributed by atoms with Crippen LogP contribution in [0.4, 0.5) is 0 Å². The van der Waals surface area contributed by atoms with Crippen molar-refractivity contribution in [2.75, 3.05) is 13.1 Å². The van der Waals surface area contributed by atoms with Gasteiger partial charge in [0.1, 0.15) is 5.92 Å². The molecule has 0 aliphatic carbocycles. The quantitative estimate of drug-likeness (QED) is 0.405. The van der Waals surface area contributed by atoms with E-state index in [1.54, 1.807) is 6.92 Å². The van der Waals surface area contributed by atoms with E-state index in [9.17, 15) is 14.4 Å². The molecule has 12 heavy (non-hydrogen) atoms. The summed E-state index contributed by atoms with van der Waals surface area (Å²) in [5.41, 5.74) is 4.93. The first-order valence-corrected chi connectivity index (χ1v) is 3.70. The molecule has 1 aliphatic heterocycles. The van der Waals surface area contributed by atoms with Crippen molar-refractivity contribution < 1.29 is 14.4 Å². The molecule has 1 rings (SSSR count). The Hall–Kier alpha value is -1.39. The van der Waals surface area contributed by atoms with Gasteiger partial charge in [-0.3, -0.25) is 14.4 Å². The Bertz CT molecular complexity index is 249. The maximum atomic E-state index is 11.0. The molecule has 0 bridgehead atoms. The average Bonchev–Trinajstić information content (AvgIpc) is 2.30. The predicted octanol–water partition coefficient (Wildman–Crippen LogP) is -1.48. The highest BCUT2D eigenvalue weighted by Gasteiger charge is 2.41. The van der Waals surface area contributed by atoms with E-state index in [2.05, 4.69) is 0 Å². The summed E-state index contributed by atoms with van der Waals surface area (Å²) < 4.78 is 0. The van der Waals surface area contributed by atoms with Gasteiger partial charge in [-0.05, 0) is 6.92 Å². The number of ketones is 1. The third-order valence-corrected chi connectivity index (χ3v) is 1.94. The van der Waals surface area contributed by atoms with Crippen molar-refractivity contribution in [2.45, 2.75) is 6.92 Å². The lowest BCUT2D eigenvalue weighted by molar-refractivity contribution is -0.142. The van der Waals surface area contributed by atoms with E-state index in [1.807, 2.05) is 0 Å². The van der Waals surface area contributed by atoms with E-state index < -0.39 is 23.5 Å². The average molecular weight is 170 g/mol. The minimum atomic E-state index is -0.933. The summed E-state index contributed by atoms with van der Waals surface area (Å²) in [4.78, 5) is 34.0. The van der Waals surface area contributed by atoms with Gasteiger partial charge in [-0.2, -0.15) is 0 Å². The summed E-state index contributed by atoms with van der Waals surface area (Å²) in [6.45, 7) is 2.33. The fraction of sp³-hybridized carbons (Fsp3) is 0.571. The van der Waals surface area contributed by atoms with Crippen LogP contribution < -0.4 is 5.73 Å². The Morgan fingerprint density at radius 1 is 1.67 bits per heavy atom. The second-order valence-electron chi connectivity index (χ2n) is 2.66. The SMILES string of the molecule is CCN1CC(C(N)=O)C(=O)C1=O. The number of nitrogens with two attached hydrogens (primary N) is 1. The number of hydrogen-bond acceptors (Lipinski definition) is 3. The van der Waals surface area contributed by atoms with Gasteiger partial charge < -0.3 is 10.6 Å². The number of amides is 2. The number of hydrogen-bond donors (Lipinski definition) is 1. The number of nitrogens with zero attached hydrogens (tertiary/aromatic N) is 1. The molecular formula is C7H10N2O3. The molecule has 1 fully saturated rings.